The summed E-state index contributed by atoms with van der Waals surface area (Å²) >= 11 is 1.46. The third-order valence-electron chi connectivity index (χ3n) is 6.36. The molecule has 6 nitrogen and oxygen atoms in total. The first-order chi connectivity index (χ1) is 12.1. The van der Waals surface area contributed by atoms with E-state index < -0.39 is 0 Å². The van der Waals surface area contributed by atoms with E-state index in [0.717, 1.165) is 56.4 Å². The van der Waals surface area contributed by atoms with Crippen molar-refractivity contribution in [2.24, 2.45) is 23.5 Å². The van der Waals surface area contributed by atoms with Crippen LogP contribution in [-0.4, -0.2) is 52.4 Å². The zero-order valence-corrected chi connectivity index (χ0v) is 18.3. The van der Waals surface area contributed by atoms with Gasteiger partial charge in [0, 0.05) is 49.7 Å². The molecule has 2 unspecified atom stereocenters. The van der Waals surface area contributed by atoms with E-state index in [-0.39, 0.29) is 30.7 Å². The van der Waals surface area contributed by atoms with Crippen molar-refractivity contribution in [3.63, 3.8) is 0 Å². The molecule has 1 amide bonds. The van der Waals surface area contributed by atoms with Gasteiger partial charge >= 0.3 is 0 Å². The average Bonchev–Trinajstić information content (AvgIpc) is 2.87. The SMILES string of the molecule is Cc1nsc(N2CCCN(C(=O)C3CC4CCCC(C3)C4N)CC2)n1.Cl.Cl. The maximum Gasteiger partial charge on any atom is 0.225 e. The van der Waals surface area contributed by atoms with Gasteiger partial charge in [0.2, 0.25) is 11.0 Å². The molecule has 27 heavy (non-hydrogen) atoms. The third-order valence-corrected chi connectivity index (χ3v) is 7.23. The minimum atomic E-state index is 0. The van der Waals surface area contributed by atoms with Gasteiger partial charge in [0.05, 0.1) is 0 Å². The Kier molecular flexibility index (Phi) is 8.16. The van der Waals surface area contributed by atoms with Crippen molar-refractivity contribution in [3.05, 3.63) is 5.82 Å². The molecule has 2 N–H and O–H groups in total. The highest BCUT2D eigenvalue weighted by Gasteiger charge is 2.41. The van der Waals surface area contributed by atoms with Gasteiger partial charge in [-0.1, -0.05) is 6.42 Å². The van der Waals surface area contributed by atoms with Crippen LogP contribution in [0.15, 0.2) is 0 Å². The van der Waals surface area contributed by atoms with Crippen LogP contribution in [0.5, 0.6) is 0 Å². The van der Waals surface area contributed by atoms with Gasteiger partial charge in [0.1, 0.15) is 5.82 Å². The summed E-state index contributed by atoms with van der Waals surface area (Å²) in [4.78, 5) is 22.0. The van der Waals surface area contributed by atoms with E-state index in [4.69, 9.17) is 5.73 Å². The summed E-state index contributed by atoms with van der Waals surface area (Å²) in [5.41, 5.74) is 6.39. The lowest BCUT2D eigenvalue weighted by molar-refractivity contribution is -0.138. The van der Waals surface area contributed by atoms with Gasteiger partial charge in [-0.15, -0.1) is 24.8 Å². The molecule has 4 rings (SSSR count). The molecule has 1 aromatic rings. The highest BCUT2D eigenvalue weighted by atomic mass is 35.5. The Hall–Kier alpha value is -0.630. The Balaban J connectivity index is 0.00000131. The standard InChI is InChI=1S/C18H29N5OS.2ClH/c1-12-20-18(25-21-12)23-7-3-6-22(8-9-23)17(24)15-10-13-4-2-5-14(11-15)16(13)19;;/h13-16H,2-11,19H2,1H3;2*1H. The van der Waals surface area contributed by atoms with Crippen LogP contribution in [-0.2, 0) is 4.79 Å². The molecular formula is C18H31Cl2N5OS. The largest absolute Gasteiger partial charge is 0.345 e. The van der Waals surface area contributed by atoms with Crippen molar-refractivity contribution in [1.29, 1.82) is 0 Å². The number of carbonyl (C=O) groups is 1. The van der Waals surface area contributed by atoms with Crippen molar-refractivity contribution in [3.8, 4) is 0 Å². The number of nitrogens with zero attached hydrogens (tertiary/aromatic N) is 4. The number of anilines is 1. The van der Waals surface area contributed by atoms with Crippen LogP contribution in [0.2, 0.25) is 0 Å². The number of halogens is 2. The summed E-state index contributed by atoms with van der Waals surface area (Å²) in [7, 11) is 0. The van der Waals surface area contributed by atoms with E-state index in [1.54, 1.807) is 0 Å². The molecule has 2 heterocycles. The second kappa shape index (κ2) is 9.72. The Morgan fingerprint density at radius 2 is 1.78 bits per heavy atom. The molecular weight excluding hydrogens is 405 g/mol. The fourth-order valence-electron chi connectivity index (χ4n) is 4.99. The topological polar surface area (TPSA) is 75.4 Å². The van der Waals surface area contributed by atoms with Crippen LogP contribution in [0, 0.1) is 24.7 Å². The van der Waals surface area contributed by atoms with Crippen molar-refractivity contribution in [1.82, 2.24) is 14.3 Å². The lowest BCUT2D eigenvalue weighted by Gasteiger charge is -2.44. The average molecular weight is 436 g/mol. The molecule has 3 fully saturated rings. The van der Waals surface area contributed by atoms with Crippen molar-refractivity contribution in [2.75, 3.05) is 31.1 Å². The quantitative estimate of drug-likeness (QED) is 0.772. The minimum Gasteiger partial charge on any atom is -0.345 e. The van der Waals surface area contributed by atoms with Crippen LogP contribution < -0.4 is 10.6 Å². The number of rotatable bonds is 2. The molecule has 0 radical (unpaired) electrons. The highest BCUT2D eigenvalue weighted by Crippen LogP contribution is 2.42. The van der Waals surface area contributed by atoms with Gasteiger partial charge < -0.3 is 15.5 Å². The summed E-state index contributed by atoms with van der Waals surface area (Å²) < 4.78 is 4.29. The van der Waals surface area contributed by atoms with Gasteiger partial charge in [0.25, 0.3) is 0 Å². The fraction of sp³-hybridized carbons (Fsp3) is 0.833. The summed E-state index contributed by atoms with van der Waals surface area (Å²) in [6, 6.07) is 0.332. The van der Waals surface area contributed by atoms with E-state index in [2.05, 4.69) is 19.2 Å². The Morgan fingerprint density at radius 1 is 1.07 bits per heavy atom. The lowest BCUT2D eigenvalue weighted by atomic mass is 9.65. The van der Waals surface area contributed by atoms with Crippen molar-refractivity contribution >= 4 is 47.4 Å². The molecule has 9 heteroatoms. The zero-order chi connectivity index (χ0) is 17.4. The van der Waals surface area contributed by atoms with E-state index >= 15 is 0 Å². The first kappa shape index (κ1) is 22.7. The monoisotopic (exact) mass is 435 g/mol. The number of hydrogen-bond acceptors (Lipinski definition) is 6. The van der Waals surface area contributed by atoms with Crippen LogP contribution in [0.1, 0.15) is 44.3 Å². The summed E-state index contributed by atoms with van der Waals surface area (Å²) in [5.74, 6) is 2.54. The lowest BCUT2D eigenvalue weighted by Crippen LogP contribution is -2.50. The molecule has 0 spiro atoms. The first-order valence-corrected chi connectivity index (χ1v) is 10.5. The first-order valence-electron chi connectivity index (χ1n) is 9.71. The smallest absolute Gasteiger partial charge is 0.225 e. The molecule has 2 aliphatic carbocycles. The van der Waals surface area contributed by atoms with Crippen LogP contribution in [0.4, 0.5) is 5.13 Å². The van der Waals surface area contributed by atoms with Gasteiger partial charge in [0.15, 0.2) is 0 Å². The predicted octanol–water partition coefficient (Wildman–Crippen LogP) is 2.88. The molecule has 2 bridgehead atoms. The normalized spacial score (nSPS) is 30.7. The Labute approximate surface area is 178 Å². The molecule has 1 aliphatic heterocycles. The number of carbonyl (C=O) groups excluding carboxylic acids is 1. The number of amides is 1. The van der Waals surface area contributed by atoms with E-state index in [0.29, 0.717) is 23.8 Å². The number of aryl methyl sites for hydroxylation is 1. The second-order valence-corrected chi connectivity index (χ2v) is 8.72. The minimum absolute atomic E-state index is 0. The Morgan fingerprint density at radius 3 is 2.41 bits per heavy atom. The fourth-order valence-corrected chi connectivity index (χ4v) is 5.72. The van der Waals surface area contributed by atoms with Crippen molar-refractivity contribution < 1.29 is 4.79 Å². The molecule has 2 saturated carbocycles. The molecule has 154 valence electrons. The van der Waals surface area contributed by atoms with Crippen LogP contribution >= 0.6 is 36.3 Å². The maximum atomic E-state index is 13.1. The molecule has 2 atom stereocenters. The predicted molar refractivity (Wildman–Crippen MR) is 114 cm³/mol. The van der Waals surface area contributed by atoms with Gasteiger partial charge in [-0.05, 0) is 50.9 Å². The second-order valence-electron chi connectivity index (χ2n) is 7.99. The highest BCUT2D eigenvalue weighted by molar-refractivity contribution is 7.09. The van der Waals surface area contributed by atoms with Gasteiger partial charge in [-0.3, -0.25) is 4.79 Å². The summed E-state index contributed by atoms with van der Waals surface area (Å²) in [6.07, 6.45) is 6.74. The molecule has 1 saturated heterocycles. The van der Waals surface area contributed by atoms with Gasteiger partial charge in [-0.25, -0.2) is 4.98 Å². The van der Waals surface area contributed by atoms with Crippen molar-refractivity contribution in [2.45, 2.75) is 51.5 Å². The number of aromatic nitrogens is 2. The number of fused-ring (bicyclic) bond motifs is 2. The zero-order valence-electron chi connectivity index (χ0n) is 15.9. The third kappa shape index (κ3) is 4.86. The van der Waals surface area contributed by atoms with Crippen LogP contribution in [0.3, 0.4) is 0 Å². The molecule has 3 aliphatic rings. The number of hydrogen-bond donors (Lipinski definition) is 1. The summed E-state index contributed by atoms with van der Waals surface area (Å²) in [5, 5.41) is 0.991. The van der Waals surface area contributed by atoms with Crippen LogP contribution in [0.25, 0.3) is 0 Å². The van der Waals surface area contributed by atoms with E-state index in [1.165, 1.54) is 30.8 Å². The van der Waals surface area contributed by atoms with E-state index in [9.17, 15) is 4.79 Å². The summed E-state index contributed by atoms with van der Waals surface area (Å²) in [6.45, 7) is 5.41. The number of nitrogens with two attached hydrogens (primary N) is 1. The molecule has 1 aromatic heterocycles. The molecule has 0 aromatic carbocycles. The maximum absolute atomic E-state index is 13.1. The van der Waals surface area contributed by atoms with E-state index in [1.807, 2.05) is 6.92 Å². The Bertz CT molecular complexity index is 617. The van der Waals surface area contributed by atoms with Gasteiger partial charge in [-0.2, -0.15) is 4.37 Å².